The Morgan fingerprint density at radius 1 is 1.30 bits per heavy atom. The first kappa shape index (κ1) is 14.2. The summed E-state index contributed by atoms with van der Waals surface area (Å²) in [4.78, 5) is 2.05. The third kappa shape index (κ3) is 3.62. The lowest BCUT2D eigenvalue weighted by Gasteiger charge is -2.17. The van der Waals surface area contributed by atoms with E-state index in [1.54, 1.807) is 11.3 Å². The second-order valence-electron chi connectivity index (χ2n) is 4.34. The van der Waals surface area contributed by atoms with Gasteiger partial charge in [0.25, 0.3) is 0 Å². The second kappa shape index (κ2) is 6.78. The molecule has 0 spiro atoms. The quantitative estimate of drug-likeness (QED) is 0.625. The Balaban J connectivity index is 2.03. The average molecular weight is 286 g/mol. The predicted molar refractivity (Wildman–Crippen MR) is 79.6 cm³/mol. The van der Waals surface area contributed by atoms with Crippen LogP contribution in [0.15, 0.2) is 46.1 Å². The zero-order valence-corrected chi connectivity index (χ0v) is 12.3. The highest BCUT2D eigenvalue weighted by molar-refractivity contribution is 7.12. The Labute approximate surface area is 122 Å². The van der Waals surface area contributed by atoms with Crippen molar-refractivity contribution < 1.29 is 4.57 Å². The van der Waals surface area contributed by atoms with Gasteiger partial charge in [0.05, 0.1) is 24.7 Å². The van der Waals surface area contributed by atoms with Crippen LogP contribution in [-0.2, 0) is 7.05 Å². The van der Waals surface area contributed by atoms with Gasteiger partial charge in [-0.1, -0.05) is 0 Å². The molecule has 0 fully saturated rings. The number of azo groups is 1. The molecule has 1 aromatic carbocycles. The molecule has 0 aliphatic heterocycles. The maximum absolute atomic E-state index is 8.58. The number of hydrogen-bond acceptors (Lipinski definition) is 5. The van der Waals surface area contributed by atoms with Gasteiger partial charge in [-0.25, -0.2) is 4.57 Å². The van der Waals surface area contributed by atoms with Crippen molar-refractivity contribution in [2.24, 2.45) is 17.3 Å². The molecule has 0 unspecified atom stereocenters. The molecule has 0 radical (unpaired) electrons. The van der Waals surface area contributed by atoms with Crippen molar-refractivity contribution in [3.05, 3.63) is 35.8 Å². The maximum atomic E-state index is 8.58. The minimum absolute atomic E-state index is 0.521. The van der Waals surface area contributed by atoms with E-state index < -0.39 is 0 Å². The Morgan fingerprint density at radius 2 is 2.05 bits per heavy atom. The van der Waals surface area contributed by atoms with Crippen LogP contribution in [0.3, 0.4) is 0 Å². The fraction of sp³-hybridized carbons (Fsp3) is 0.286. The number of aromatic nitrogens is 1. The van der Waals surface area contributed by atoms with E-state index in [0.29, 0.717) is 6.42 Å². The highest BCUT2D eigenvalue weighted by Gasteiger charge is 2.07. The van der Waals surface area contributed by atoms with Gasteiger partial charge in [-0.3, -0.25) is 0 Å². The zero-order valence-electron chi connectivity index (χ0n) is 11.5. The van der Waals surface area contributed by atoms with Gasteiger partial charge in [0.1, 0.15) is 11.9 Å². The normalized spacial score (nSPS) is 10.7. The minimum Gasteiger partial charge on any atom is -0.374 e. The molecule has 5 nitrogen and oxygen atoms in total. The summed E-state index contributed by atoms with van der Waals surface area (Å²) in [7, 11) is 3.91. The smallest absolute Gasteiger partial charge is 0.374 e. The van der Waals surface area contributed by atoms with E-state index in [9.17, 15) is 0 Å². The van der Waals surface area contributed by atoms with Gasteiger partial charge in [0.2, 0.25) is 0 Å². The predicted octanol–water partition coefficient (Wildman–Crippen LogP) is 3.34. The molecule has 1 heterocycles. The first-order valence-electron chi connectivity index (χ1n) is 6.23. The molecule has 1 aromatic heterocycles. The molecule has 20 heavy (non-hydrogen) atoms. The molecule has 0 atom stereocenters. The van der Waals surface area contributed by atoms with Crippen molar-refractivity contribution in [2.45, 2.75) is 6.42 Å². The summed E-state index contributed by atoms with van der Waals surface area (Å²) in [5, 5.41) is 19.8. The molecule has 0 amide bonds. The molecule has 0 aliphatic carbocycles. The van der Waals surface area contributed by atoms with Crippen LogP contribution < -0.4 is 9.47 Å². The van der Waals surface area contributed by atoms with Crippen LogP contribution in [0.5, 0.6) is 0 Å². The third-order valence-electron chi connectivity index (χ3n) is 2.86. The fourth-order valence-corrected chi connectivity index (χ4v) is 2.32. The van der Waals surface area contributed by atoms with Crippen molar-refractivity contribution in [3.63, 3.8) is 0 Å². The Bertz CT molecular complexity index is 624. The molecule has 2 rings (SSSR count). The molecule has 0 saturated heterocycles. The van der Waals surface area contributed by atoms with Crippen molar-refractivity contribution >= 4 is 27.8 Å². The Hall–Kier alpha value is -2.26. The summed E-state index contributed by atoms with van der Waals surface area (Å²) in [6, 6.07) is 9.97. The lowest BCUT2D eigenvalue weighted by atomic mass is 10.2. The SMILES string of the molecule is CN(CCC#N)c1ccc(N=Nc2scc[n+]2C)cc1. The van der Waals surface area contributed by atoms with Crippen molar-refractivity contribution in [1.29, 1.82) is 5.26 Å². The second-order valence-corrected chi connectivity index (χ2v) is 5.22. The van der Waals surface area contributed by atoms with Gasteiger partial charge in [0.15, 0.2) is 0 Å². The monoisotopic (exact) mass is 286 g/mol. The Morgan fingerprint density at radius 3 is 2.65 bits per heavy atom. The van der Waals surface area contributed by atoms with Crippen molar-refractivity contribution in [1.82, 2.24) is 0 Å². The highest BCUT2D eigenvalue weighted by atomic mass is 32.1. The van der Waals surface area contributed by atoms with Crippen LogP contribution in [-0.4, -0.2) is 13.6 Å². The van der Waals surface area contributed by atoms with Crippen molar-refractivity contribution in [2.75, 3.05) is 18.5 Å². The van der Waals surface area contributed by atoms with E-state index in [1.807, 2.05) is 59.4 Å². The standard InChI is InChI=1S/C14H16N5S/c1-18(9-3-8-15)13-6-4-12(5-7-13)16-17-14-19(2)10-11-20-14/h4-7,10-11H,3,9H2,1-2H3/q+1. The van der Waals surface area contributed by atoms with Gasteiger partial charge >= 0.3 is 5.13 Å². The number of rotatable bonds is 5. The molecule has 2 aromatic rings. The summed E-state index contributed by atoms with van der Waals surface area (Å²) in [6.45, 7) is 0.725. The first-order chi connectivity index (χ1) is 9.70. The van der Waals surface area contributed by atoms with E-state index in [1.165, 1.54) is 0 Å². The number of aryl methyl sites for hydroxylation is 1. The van der Waals surface area contributed by atoms with Crippen LogP contribution in [0.2, 0.25) is 0 Å². The number of nitriles is 1. The number of anilines is 1. The molecule has 0 N–H and O–H groups in total. The molecule has 0 saturated carbocycles. The molecule has 0 bridgehead atoms. The number of nitrogens with zero attached hydrogens (tertiary/aromatic N) is 5. The van der Waals surface area contributed by atoms with E-state index in [0.717, 1.165) is 23.1 Å². The first-order valence-corrected chi connectivity index (χ1v) is 7.11. The van der Waals surface area contributed by atoms with Crippen molar-refractivity contribution in [3.8, 4) is 6.07 Å². The fourth-order valence-electron chi connectivity index (χ4n) is 1.64. The van der Waals surface area contributed by atoms with E-state index >= 15 is 0 Å². The van der Waals surface area contributed by atoms with Crippen LogP contribution in [0.4, 0.5) is 16.5 Å². The van der Waals surface area contributed by atoms with Crippen LogP contribution in [0.25, 0.3) is 0 Å². The van der Waals surface area contributed by atoms with Crippen LogP contribution >= 0.6 is 11.3 Å². The lowest BCUT2D eigenvalue weighted by molar-refractivity contribution is -0.654. The lowest BCUT2D eigenvalue weighted by Crippen LogP contribution is -2.23. The summed E-state index contributed by atoms with van der Waals surface area (Å²) < 4.78 is 1.93. The average Bonchev–Trinajstić information content (AvgIpc) is 2.88. The zero-order chi connectivity index (χ0) is 14.4. The summed E-state index contributed by atoms with van der Waals surface area (Å²) in [6.07, 6.45) is 2.47. The molecule has 102 valence electrons. The van der Waals surface area contributed by atoms with Gasteiger partial charge in [-0.05, 0) is 40.7 Å². The Kier molecular flexibility index (Phi) is 4.80. The number of hydrogen-bond donors (Lipinski definition) is 0. The van der Waals surface area contributed by atoms with E-state index in [-0.39, 0.29) is 0 Å². The number of benzene rings is 1. The third-order valence-corrected chi connectivity index (χ3v) is 3.70. The summed E-state index contributed by atoms with van der Waals surface area (Å²) in [5.41, 5.74) is 1.89. The van der Waals surface area contributed by atoms with Gasteiger partial charge in [-0.15, -0.1) is 0 Å². The number of thiazole rings is 1. The largest absolute Gasteiger partial charge is 0.408 e. The van der Waals surface area contributed by atoms with Crippen LogP contribution in [0, 0.1) is 11.3 Å². The van der Waals surface area contributed by atoms with Gasteiger partial charge in [-0.2, -0.15) is 5.26 Å². The van der Waals surface area contributed by atoms with Gasteiger partial charge < -0.3 is 4.90 Å². The molecule has 6 heteroatoms. The summed E-state index contributed by atoms with van der Waals surface area (Å²) >= 11 is 1.55. The van der Waals surface area contributed by atoms with E-state index in [2.05, 4.69) is 16.3 Å². The van der Waals surface area contributed by atoms with Gasteiger partial charge in [0, 0.05) is 24.7 Å². The highest BCUT2D eigenvalue weighted by Crippen LogP contribution is 2.22. The molecular formula is C14H16N5S+. The molecule has 0 aliphatic rings. The van der Waals surface area contributed by atoms with E-state index in [4.69, 9.17) is 5.26 Å². The maximum Gasteiger partial charge on any atom is 0.408 e. The minimum atomic E-state index is 0.521. The molecular weight excluding hydrogens is 270 g/mol. The topological polar surface area (TPSA) is 55.6 Å². The van der Waals surface area contributed by atoms with Crippen LogP contribution in [0.1, 0.15) is 6.42 Å². The summed E-state index contributed by atoms with van der Waals surface area (Å²) in [5.74, 6) is 0.